The zero-order valence-corrected chi connectivity index (χ0v) is 20.4. The van der Waals surface area contributed by atoms with Crippen LogP contribution in [0.4, 0.5) is 5.69 Å². The first kappa shape index (κ1) is 25.2. The van der Waals surface area contributed by atoms with E-state index in [1.165, 1.54) is 34.5 Å². The molecule has 1 N–H and O–H groups in total. The number of hydrogen-bond donors (Lipinski definition) is 1. The van der Waals surface area contributed by atoms with Crippen molar-refractivity contribution in [3.8, 4) is 0 Å². The Kier molecular flexibility index (Phi) is 8.12. The molecule has 1 heterocycles. The third kappa shape index (κ3) is 6.11. The lowest BCUT2D eigenvalue weighted by Gasteiger charge is -2.26. The summed E-state index contributed by atoms with van der Waals surface area (Å²) in [5.41, 5.74) is 1.89. The molecule has 0 bridgehead atoms. The largest absolute Gasteiger partial charge is 0.379 e. The number of ether oxygens (including phenoxy) is 1. The predicted octanol–water partition coefficient (Wildman–Crippen LogP) is 3.20. The fourth-order valence-corrected chi connectivity index (χ4v) is 5.33. The average molecular weight is 494 g/mol. The fraction of sp³-hybridized carbons (Fsp3) is 0.391. The van der Waals surface area contributed by atoms with E-state index in [1.54, 1.807) is 12.1 Å². The minimum atomic E-state index is -3.83. The number of amides is 2. The van der Waals surface area contributed by atoms with Gasteiger partial charge >= 0.3 is 0 Å². The van der Waals surface area contributed by atoms with Crippen molar-refractivity contribution in [1.82, 2.24) is 9.21 Å². The molecular weight excluding hydrogens is 466 g/mol. The number of anilines is 1. The maximum absolute atomic E-state index is 13.0. The van der Waals surface area contributed by atoms with E-state index in [4.69, 9.17) is 16.3 Å². The maximum Gasteiger partial charge on any atom is 0.254 e. The lowest BCUT2D eigenvalue weighted by Crippen LogP contribution is -2.40. The molecule has 0 saturated carbocycles. The second-order valence-corrected chi connectivity index (χ2v) is 10.5. The van der Waals surface area contributed by atoms with E-state index in [-0.39, 0.29) is 41.1 Å². The molecule has 0 radical (unpaired) electrons. The molecule has 1 saturated heterocycles. The van der Waals surface area contributed by atoms with Gasteiger partial charge in [0.25, 0.3) is 5.91 Å². The van der Waals surface area contributed by atoms with Crippen LogP contribution in [-0.4, -0.2) is 69.3 Å². The Morgan fingerprint density at radius 1 is 1.12 bits per heavy atom. The predicted molar refractivity (Wildman–Crippen MR) is 127 cm³/mol. The highest BCUT2D eigenvalue weighted by Gasteiger charge is 2.28. The Hall–Kier alpha value is -2.46. The second kappa shape index (κ2) is 10.6. The zero-order valence-electron chi connectivity index (χ0n) is 18.9. The van der Waals surface area contributed by atoms with Crippen molar-refractivity contribution < 1.29 is 22.7 Å². The van der Waals surface area contributed by atoms with Crippen molar-refractivity contribution in [3.05, 3.63) is 58.6 Å². The third-order valence-corrected chi connectivity index (χ3v) is 7.73. The van der Waals surface area contributed by atoms with Gasteiger partial charge in [-0.25, -0.2) is 8.42 Å². The summed E-state index contributed by atoms with van der Waals surface area (Å²) in [6, 6.07) is 11.6. The topological polar surface area (TPSA) is 96.0 Å². The molecule has 8 nitrogen and oxygen atoms in total. The van der Waals surface area contributed by atoms with Crippen LogP contribution in [0.2, 0.25) is 5.02 Å². The highest BCUT2D eigenvalue weighted by Crippen LogP contribution is 2.28. The van der Waals surface area contributed by atoms with Gasteiger partial charge in [0.1, 0.15) is 4.90 Å². The van der Waals surface area contributed by atoms with Crippen LogP contribution in [0.1, 0.15) is 35.7 Å². The number of morpholine rings is 1. The van der Waals surface area contributed by atoms with E-state index < -0.39 is 15.9 Å². The molecule has 2 aromatic carbocycles. The van der Waals surface area contributed by atoms with E-state index in [0.29, 0.717) is 24.7 Å². The average Bonchev–Trinajstić information content (AvgIpc) is 2.80. The van der Waals surface area contributed by atoms with Crippen molar-refractivity contribution in [2.75, 3.05) is 45.2 Å². The first-order valence-electron chi connectivity index (χ1n) is 10.6. The van der Waals surface area contributed by atoms with Crippen LogP contribution in [-0.2, 0) is 19.6 Å². The molecule has 0 spiro atoms. The van der Waals surface area contributed by atoms with E-state index >= 15 is 0 Å². The van der Waals surface area contributed by atoms with Gasteiger partial charge in [0.15, 0.2) is 0 Å². The van der Waals surface area contributed by atoms with E-state index in [2.05, 4.69) is 19.2 Å². The van der Waals surface area contributed by atoms with Crippen LogP contribution in [0.25, 0.3) is 0 Å². The number of nitrogens with one attached hydrogen (secondary N) is 1. The van der Waals surface area contributed by atoms with Crippen molar-refractivity contribution in [3.63, 3.8) is 0 Å². The second-order valence-electron chi connectivity index (χ2n) is 8.15. The normalized spacial score (nSPS) is 14.8. The molecule has 0 aromatic heterocycles. The van der Waals surface area contributed by atoms with E-state index in [1.807, 2.05) is 12.1 Å². The molecule has 2 aromatic rings. The molecule has 0 aliphatic carbocycles. The summed E-state index contributed by atoms with van der Waals surface area (Å²) in [7, 11) is -2.29. The first-order valence-corrected chi connectivity index (χ1v) is 12.4. The molecule has 1 fully saturated rings. The van der Waals surface area contributed by atoms with Gasteiger partial charge in [0.2, 0.25) is 15.9 Å². The van der Waals surface area contributed by atoms with Crippen molar-refractivity contribution in [2.45, 2.75) is 24.7 Å². The highest BCUT2D eigenvalue weighted by molar-refractivity contribution is 7.89. The molecule has 0 atom stereocenters. The van der Waals surface area contributed by atoms with Gasteiger partial charge in [-0.05, 0) is 41.8 Å². The molecule has 178 valence electrons. The summed E-state index contributed by atoms with van der Waals surface area (Å²) in [5.74, 6) is -0.386. The molecular formula is C23H28ClN3O5S. The Balaban J connectivity index is 1.67. The number of nitrogens with zero attached hydrogens (tertiary/aromatic N) is 2. The smallest absolute Gasteiger partial charge is 0.254 e. The number of rotatable bonds is 7. The quantitative estimate of drug-likeness (QED) is 0.639. The molecule has 10 heteroatoms. The van der Waals surface area contributed by atoms with Gasteiger partial charge in [0.05, 0.1) is 24.8 Å². The molecule has 1 aliphatic rings. The zero-order chi connectivity index (χ0) is 24.2. The van der Waals surface area contributed by atoms with E-state index in [9.17, 15) is 18.0 Å². The molecule has 0 unspecified atom stereocenters. The highest BCUT2D eigenvalue weighted by atomic mass is 35.5. The Morgan fingerprint density at radius 2 is 1.76 bits per heavy atom. The van der Waals surface area contributed by atoms with Crippen LogP contribution in [0, 0.1) is 0 Å². The van der Waals surface area contributed by atoms with Gasteiger partial charge in [0, 0.05) is 31.4 Å². The summed E-state index contributed by atoms with van der Waals surface area (Å²) >= 11 is 6.16. The summed E-state index contributed by atoms with van der Waals surface area (Å²) in [5, 5.41) is 2.71. The van der Waals surface area contributed by atoms with Gasteiger partial charge in [-0.15, -0.1) is 0 Å². The number of sulfonamides is 1. The van der Waals surface area contributed by atoms with Crippen LogP contribution >= 0.6 is 11.6 Å². The van der Waals surface area contributed by atoms with Crippen LogP contribution in [0.3, 0.4) is 0 Å². The van der Waals surface area contributed by atoms with Crippen molar-refractivity contribution >= 4 is 39.1 Å². The number of carbonyl (C=O) groups is 2. The van der Waals surface area contributed by atoms with Crippen molar-refractivity contribution in [1.29, 1.82) is 0 Å². The lowest BCUT2D eigenvalue weighted by atomic mass is 10.0. The number of hydrogen-bond acceptors (Lipinski definition) is 5. The molecule has 33 heavy (non-hydrogen) atoms. The SMILES string of the molecule is CC(C)c1ccc(C(=O)N(C)CC(=O)Nc2ccc(Cl)c(S(=O)(=O)N3CCOCC3)c2)cc1. The van der Waals surface area contributed by atoms with Crippen LogP contribution in [0.15, 0.2) is 47.4 Å². The van der Waals surface area contributed by atoms with Gasteiger partial charge in [-0.1, -0.05) is 37.6 Å². The van der Waals surface area contributed by atoms with Gasteiger partial charge in [-0.2, -0.15) is 4.31 Å². The van der Waals surface area contributed by atoms with E-state index in [0.717, 1.165) is 5.56 Å². The first-order chi connectivity index (χ1) is 15.6. The third-order valence-electron chi connectivity index (χ3n) is 5.35. The Morgan fingerprint density at radius 3 is 2.36 bits per heavy atom. The number of likely N-dealkylation sites (N-methyl/N-ethyl adjacent to an activating group) is 1. The fourth-order valence-electron chi connectivity index (χ4n) is 3.42. The van der Waals surface area contributed by atoms with Gasteiger partial charge in [-0.3, -0.25) is 9.59 Å². The summed E-state index contributed by atoms with van der Waals surface area (Å²) in [4.78, 5) is 26.4. The van der Waals surface area contributed by atoms with Gasteiger partial charge < -0.3 is 15.0 Å². The Bertz CT molecular complexity index is 1110. The standard InChI is InChI=1S/C23H28ClN3O5S/c1-16(2)17-4-6-18(7-5-17)23(29)26(3)15-22(28)25-19-8-9-20(24)21(14-19)33(30,31)27-10-12-32-13-11-27/h4-9,14,16H,10-13,15H2,1-3H3,(H,25,28). The summed E-state index contributed by atoms with van der Waals surface area (Å²) in [6.45, 7) is 5.05. The Labute approximate surface area is 199 Å². The van der Waals surface area contributed by atoms with Crippen LogP contribution in [0.5, 0.6) is 0 Å². The minimum Gasteiger partial charge on any atom is -0.379 e. The lowest BCUT2D eigenvalue weighted by molar-refractivity contribution is -0.116. The van der Waals surface area contributed by atoms with Crippen molar-refractivity contribution in [2.24, 2.45) is 0 Å². The molecule has 2 amide bonds. The minimum absolute atomic E-state index is 0.0663. The molecule has 1 aliphatic heterocycles. The number of carbonyl (C=O) groups excluding carboxylic acids is 2. The monoisotopic (exact) mass is 493 g/mol. The maximum atomic E-state index is 13.0. The number of halogens is 1. The summed E-state index contributed by atoms with van der Waals surface area (Å²) in [6.07, 6.45) is 0. The summed E-state index contributed by atoms with van der Waals surface area (Å²) < 4.78 is 32.4. The number of benzene rings is 2. The van der Waals surface area contributed by atoms with Crippen LogP contribution < -0.4 is 5.32 Å². The molecule has 3 rings (SSSR count).